The number of rotatable bonds is 1. The van der Waals surface area contributed by atoms with Gasteiger partial charge in [0.25, 0.3) is 0 Å². The average molecular weight is 214 g/mol. The SMILES string of the molecule is Cl.c1ccc(C2CCNCCO2)cc1. The van der Waals surface area contributed by atoms with Gasteiger partial charge in [-0.25, -0.2) is 0 Å². The van der Waals surface area contributed by atoms with E-state index in [1.165, 1.54) is 5.56 Å². The minimum absolute atomic E-state index is 0. The zero-order valence-electron chi connectivity index (χ0n) is 8.11. The molecule has 14 heavy (non-hydrogen) atoms. The van der Waals surface area contributed by atoms with Gasteiger partial charge in [-0.1, -0.05) is 30.3 Å². The highest BCUT2D eigenvalue weighted by molar-refractivity contribution is 5.85. The molecule has 1 heterocycles. The number of ether oxygens (including phenoxy) is 1. The van der Waals surface area contributed by atoms with E-state index in [0.29, 0.717) is 0 Å². The van der Waals surface area contributed by atoms with Crippen molar-refractivity contribution in [2.45, 2.75) is 12.5 Å². The summed E-state index contributed by atoms with van der Waals surface area (Å²) in [5, 5.41) is 3.32. The summed E-state index contributed by atoms with van der Waals surface area (Å²) in [5.41, 5.74) is 1.30. The van der Waals surface area contributed by atoms with Gasteiger partial charge in [-0.3, -0.25) is 0 Å². The van der Waals surface area contributed by atoms with E-state index in [1.807, 2.05) is 6.07 Å². The molecule has 78 valence electrons. The third-order valence-corrected chi connectivity index (χ3v) is 2.35. The molecule has 0 aromatic heterocycles. The molecular weight excluding hydrogens is 198 g/mol. The first-order valence-electron chi connectivity index (χ1n) is 4.84. The van der Waals surface area contributed by atoms with Gasteiger partial charge in [0.2, 0.25) is 0 Å². The molecule has 1 aliphatic heterocycles. The van der Waals surface area contributed by atoms with E-state index >= 15 is 0 Å². The van der Waals surface area contributed by atoms with Crippen LogP contribution in [0.4, 0.5) is 0 Å². The summed E-state index contributed by atoms with van der Waals surface area (Å²) >= 11 is 0. The van der Waals surface area contributed by atoms with Crippen LogP contribution >= 0.6 is 12.4 Å². The van der Waals surface area contributed by atoms with Gasteiger partial charge >= 0.3 is 0 Å². The molecule has 1 aromatic rings. The van der Waals surface area contributed by atoms with E-state index in [-0.39, 0.29) is 18.5 Å². The molecule has 2 rings (SSSR count). The number of benzene rings is 1. The van der Waals surface area contributed by atoms with Crippen LogP contribution in [0.3, 0.4) is 0 Å². The van der Waals surface area contributed by atoms with Crippen molar-refractivity contribution in [2.75, 3.05) is 19.7 Å². The van der Waals surface area contributed by atoms with Gasteiger partial charge in [0.05, 0.1) is 12.7 Å². The van der Waals surface area contributed by atoms with Crippen LogP contribution < -0.4 is 5.32 Å². The van der Waals surface area contributed by atoms with E-state index in [1.54, 1.807) is 0 Å². The van der Waals surface area contributed by atoms with Crippen molar-refractivity contribution in [3.05, 3.63) is 35.9 Å². The van der Waals surface area contributed by atoms with Crippen molar-refractivity contribution >= 4 is 12.4 Å². The highest BCUT2D eigenvalue weighted by atomic mass is 35.5. The van der Waals surface area contributed by atoms with E-state index in [4.69, 9.17) is 4.74 Å². The van der Waals surface area contributed by atoms with Crippen molar-refractivity contribution in [2.24, 2.45) is 0 Å². The summed E-state index contributed by atoms with van der Waals surface area (Å²) in [4.78, 5) is 0. The lowest BCUT2D eigenvalue weighted by Gasteiger charge is -2.14. The van der Waals surface area contributed by atoms with Crippen LogP contribution in [-0.4, -0.2) is 19.7 Å². The molecule has 0 amide bonds. The molecule has 1 N–H and O–H groups in total. The Morgan fingerprint density at radius 1 is 1.14 bits per heavy atom. The smallest absolute Gasteiger partial charge is 0.0837 e. The van der Waals surface area contributed by atoms with Gasteiger partial charge in [0.1, 0.15) is 0 Å². The van der Waals surface area contributed by atoms with Crippen LogP contribution in [0.15, 0.2) is 30.3 Å². The highest BCUT2D eigenvalue weighted by Crippen LogP contribution is 2.21. The van der Waals surface area contributed by atoms with Gasteiger partial charge in [-0.05, 0) is 18.5 Å². The van der Waals surface area contributed by atoms with Crippen molar-refractivity contribution < 1.29 is 4.74 Å². The molecule has 1 aliphatic rings. The Bertz CT molecular complexity index is 245. The molecule has 0 aliphatic carbocycles. The Morgan fingerprint density at radius 2 is 1.93 bits per heavy atom. The third-order valence-electron chi connectivity index (χ3n) is 2.35. The summed E-state index contributed by atoms with van der Waals surface area (Å²) in [6.45, 7) is 2.85. The monoisotopic (exact) mass is 213 g/mol. The summed E-state index contributed by atoms with van der Waals surface area (Å²) in [6, 6.07) is 10.4. The molecule has 1 unspecified atom stereocenters. The standard InChI is InChI=1S/C11H15NO.ClH/c1-2-4-10(5-3-1)11-6-7-12-8-9-13-11;/h1-5,11-12H,6-9H2;1H. The second-order valence-corrected chi connectivity index (χ2v) is 3.31. The lowest BCUT2D eigenvalue weighted by Crippen LogP contribution is -2.16. The van der Waals surface area contributed by atoms with E-state index < -0.39 is 0 Å². The molecule has 3 heteroatoms. The third kappa shape index (κ3) is 2.98. The molecular formula is C11H16ClNO. The van der Waals surface area contributed by atoms with Gasteiger partial charge in [0.15, 0.2) is 0 Å². The number of hydrogen-bond acceptors (Lipinski definition) is 2. The van der Waals surface area contributed by atoms with Crippen molar-refractivity contribution in [1.29, 1.82) is 0 Å². The fourth-order valence-corrected chi connectivity index (χ4v) is 1.65. The fraction of sp³-hybridized carbons (Fsp3) is 0.455. The van der Waals surface area contributed by atoms with Crippen LogP contribution in [0.25, 0.3) is 0 Å². The number of nitrogens with one attached hydrogen (secondary N) is 1. The lowest BCUT2D eigenvalue weighted by molar-refractivity contribution is 0.0644. The van der Waals surface area contributed by atoms with Crippen molar-refractivity contribution in [1.82, 2.24) is 5.32 Å². The van der Waals surface area contributed by atoms with E-state index in [2.05, 4.69) is 29.6 Å². The van der Waals surface area contributed by atoms with E-state index in [0.717, 1.165) is 26.1 Å². The second kappa shape index (κ2) is 6.02. The zero-order chi connectivity index (χ0) is 8.93. The maximum atomic E-state index is 5.73. The predicted molar refractivity (Wildman–Crippen MR) is 59.9 cm³/mol. The van der Waals surface area contributed by atoms with Gasteiger partial charge in [-0.15, -0.1) is 12.4 Å². The van der Waals surface area contributed by atoms with Crippen LogP contribution in [0, 0.1) is 0 Å². The zero-order valence-corrected chi connectivity index (χ0v) is 8.93. The summed E-state index contributed by atoms with van der Waals surface area (Å²) < 4.78 is 5.73. The first-order chi connectivity index (χ1) is 6.47. The molecule has 1 fully saturated rings. The van der Waals surface area contributed by atoms with Gasteiger partial charge in [0, 0.05) is 6.54 Å². The van der Waals surface area contributed by atoms with E-state index in [9.17, 15) is 0 Å². The van der Waals surface area contributed by atoms with Crippen LogP contribution in [0.1, 0.15) is 18.1 Å². The van der Waals surface area contributed by atoms with Crippen LogP contribution in [0.2, 0.25) is 0 Å². The Kier molecular flexibility index (Phi) is 4.94. The first-order valence-corrected chi connectivity index (χ1v) is 4.84. The van der Waals surface area contributed by atoms with Crippen molar-refractivity contribution in [3.63, 3.8) is 0 Å². The topological polar surface area (TPSA) is 21.3 Å². The molecule has 1 aromatic carbocycles. The maximum Gasteiger partial charge on any atom is 0.0837 e. The maximum absolute atomic E-state index is 5.73. The molecule has 0 radical (unpaired) electrons. The normalized spacial score (nSPS) is 22.1. The summed E-state index contributed by atoms with van der Waals surface area (Å²) in [7, 11) is 0. The Balaban J connectivity index is 0.000000980. The quantitative estimate of drug-likeness (QED) is 0.772. The molecule has 1 atom stereocenters. The molecule has 0 bridgehead atoms. The molecule has 0 spiro atoms. The molecule has 1 saturated heterocycles. The Labute approximate surface area is 91.1 Å². The predicted octanol–water partition coefficient (Wildman–Crippen LogP) is 2.16. The fourth-order valence-electron chi connectivity index (χ4n) is 1.65. The summed E-state index contributed by atoms with van der Waals surface area (Å²) in [5.74, 6) is 0. The van der Waals surface area contributed by atoms with Gasteiger partial charge in [-0.2, -0.15) is 0 Å². The van der Waals surface area contributed by atoms with Crippen LogP contribution in [0.5, 0.6) is 0 Å². The second-order valence-electron chi connectivity index (χ2n) is 3.31. The van der Waals surface area contributed by atoms with Crippen LogP contribution in [-0.2, 0) is 4.74 Å². The lowest BCUT2D eigenvalue weighted by atomic mass is 10.1. The average Bonchev–Trinajstić information content (AvgIpc) is 2.47. The number of halogens is 1. The van der Waals surface area contributed by atoms with Gasteiger partial charge < -0.3 is 10.1 Å². The highest BCUT2D eigenvalue weighted by Gasteiger charge is 2.13. The minimum Gasteiger partial charge on any atom is -0.372 e. The minimum atomic E-state index is 0. The number of hydrogen-bond donors (Lipinski definition) is 1. The largest absolute Gasteiger partial charge is 0.372 e. The molecule has 0 saturated carbocycles. The van der Waals surface area contributed by atoms with Crippen molar-refractivity contribution in [3.8, 4) is 0 Å². The first kappa shape index (κ1) is 11.5. The Hall–Kier alpha value is -0.570. The summed E-state index contributed by atoms with van der Waals surface area (Å²) in [6.07, 6.45) is 1.36. The molecule has 2 nitrogen and oxygen atoms in total. The Morgan fingerprint density at radius 3 is 2.71 bits per heavy atom.